The third-order valence-corrected chi connectivity index (χ3v) is 4.88. The molecular weight excluding hydrogens is 348 g/mol. The van der Waals surface area contributed by atoms with Crippen LogP contribution in [-0.2, 0) is 11.3 Å². The molecule has 0 unspecified atom stereocenters. The van der Waals surface area contributed by atoms with Crippen LogP contribution in [0.1, 0.15) is 41.4 Å². The molecule has 2 atom stereocenters. The molecule has 0 aliphatic carbocycles. The zero-order valence-electron chi connectivity index (χ0n) is 15.2. The van der Waals surface area contributed by atoms with Crippen LogP contribution in [0.25, 0.3) is 0 Å². The SMILES string of the molecule is C[C@@H]1CN(Cc2ccc(C(=O)N[C@H](C)c3cccc(Cl)c3)cc2)CCO1. The van der Waals surface area contributed by atoms with E-state index in [-0.39, 0.29) is 18.1 Å². The van der Waals surface area contributed by atoms with E-state index in [9.17, 15) is 4.79 Å². The van der Waals surface area contributed by atoms with Crippen LogP contribution < -0.4 is 5.32 Å². The highest BCUT2D eigenvalue weighted by Gasteiger charge is 2.17. The number of rotatable bonds is 5. The van der Waals surface area contributed by atoms with Gasteiger partial charge in [0.25, 0.3) is 5.91 Å². The molecule has 2 aromatic carbocycles. The Hall–Kier alpha value is -1.88. The Labute approximate surface area is 160 Å². The maximum atomic E-state index is 12.5. The summed E-state index contributed by atoms with van der Waals surface area (Å²) in [5.74, 6) is -0.0796. The van der Waals surface area contributed by atoms with Crippen molar-refractivity contribution in [1.29, 1.82) is 0 Å². The molecule has 0 radical (unpaired) electrons. The molecule has 4 nitrogen and oxygen atoms in total. The van der Waals surface area contributed by atoms with Gasteiger partial charge in [-0.25, -0.2) is 0 Å². The van der Waals surface area contributed by atoms with Crippen molar-refractivity contribution < 1.29 is 9.53 Å². The summed E-state index contributed by atoms with van der Waals surface area (Å²) in [6.07, 6.45) is 0.279. The van der Waals surface area contributed by atoms with Gasteiger partial charge in [-0.1, -0.05) is 35.9 Å². The summed E-state index contributed by atoms with van der Waals surface area (Å²) in [4.78, 5) is 14.9. The predicted octanol–water partition coefficient (Wildman–Crippen LogP) is 4.05. The van der Waals surface area contributed by atoms with Gasteiger partial charge in [0.05, 0.1) is 18.8 Å². The molecule has 138 valence electrons. The van der Waals surface area contributed by atoms with Crippen LogP contribution >= 0.6 is 11.6 Å². The number of ether oxygens (including phenoxy) is 1. The summed E-state index contributed by atoms with van der Waals surface area (Å²) in [5.41, 5.74) is 2.86. The molecule has 5 heteroatoms. The first-order valence-electron chi connectivity index (χ1n) is 9.00. The Balaban J connectivity index is 1.58. The lowest BCUT2D eigenvalue weighted by Crippen LogP contribution is -2.40. The minimum Gasteiger partial charge on any atom is -0.376 e. The van der Waals surface area contributed by atoms with Crippen LogP contribution in [0, 0.1) is 0 Å². The minimum absolute atomic E-state index is 0.0796. The van der Waals surface area contributed by atoms with Gasteiger partial charge < -0.3 is 10.1 Å². The Bertz CT molecular complexity index is 748. The normalized spacial score (nSPS) is 19.1. The molecular formula is C21H25ClN2O2. The molecule has 3 rings (SSSR count). The number of carbonyl (C=O) groups is 1. The zero-order chi connectivity index (χ0) is 18.5. The number of nitrogens with zero attached hydrogens (tertiary/aromatic N) is 1. The van der Waals surface area contributed by atoms with Crippen molar-refractivity contribution in [1.82, 2.24) is 10.2 Å². The third kappa shape index (κ3) is 5.07. The van der Waals surface area contributed by atoms with Crippen LogP contribution in [0.2, 0.25) is 5.02 Å². The van der Waals surface area contributed by atoms with Crippen LogP contribution in [-0.4, -0.2) is 36.6 Å². The number of nitrogens with one attached hydrogen (secondary N) is 1. The fourth-order valence-electron chi connectivity index (χ4n) is 3.19. The average Bonchev–Trinajstić information content (AvgIpc) is 2.62. The van der Waals surface area contributed by atoms with Crippen LogP contribution in [0.5, 0.6) is 0 Å². The summed E-state index contributed by atoms with van der Waals surface area (Å²) in [5, 5.41) is 3.69. The second-order valence-corrected chi connectivity index (χ2v) is 7.30. The standard InChI is InChI=1S/C21H25ClN2O2/c1-15-13-24(10-11-26-15)14-17-6-8-18(9-7-17)21(25)23-16(2)19-4-3-5-20(22)12-19/h3-9,12,15-16H,10-11,13-14H2,1-2H3,(H,23,25)/t15-,16-/m1/s1. The Kier molecular flexibility index (Phi) is 6.30. The number of hydrogen-bond donors (Lipinski definition) is 1. The van der Waals surface area contributed by atoms with Crippen LogP contribution in [0.15, 0.2) is 48.5 Å². The topological polar surface area (TPSA) is 41.6 Å². The van der Waals surface area contributed by atoms with Crippen molar-refractivity contribution in [2.75, 3.05) is 19.7 Å². The van der Waals surface area contributed by atoms with Crippen molar-refractivity contribution in [2.45, 2.75) is 32.5 Å². The molecule has 1 heterocycles. The fourth-order valence-corrected chi connectivity index (χ4v) is 3.39. The molecule has 1 aliphatic rings. The van der Waals surface area contributed by atoms with E-state index in [1.54, 1.807) is 0 Å². The van der Waals surface area contributed by atoms with E-state index in [1.165, 1.54) is 5.56 Å². The highest BCUT2D eigenvalue weighted by molar-refractivity contribution is 6.30. The smallest absolute Gasteiger partial charge is 0.251 e. The molecule has 0 bridgehead atoms. The van der Waals surface area contributed by atoms with E-state index in [1.807, 2.05) is 55.5 Å². The van der Waals surface area contributed by atoms with Crippen molar-refractivity contribution in [3.63, 3.8) is 0 Å². The van der Waals surface area contributed by atoms with E-state index < -0.39 is 0 Å². The molecule has 26 heavy (non-hydrogen) atoms. The lowest BCUT2D eigenvalue weighted by atomic mass is 10.1. The zero-order valence-corrected chi connectivity index (χ0v) is 16.0. The molecule has 1 saturated heterocycles. The van der Waals surface area contributed by atoms with Gasteiger partial charge in [-0.15, -0.1) is 0 Å². The van der Waals surface area contributed by atoms with E-state index >= 15 is 0 Å². The third-order valence-electron chi connectivity index (χ3n) is 4.64. The molecule has 2 aromatic rings. The lowest BCUT2D eigenvalue weighted by Gasteiger charge is -2.31. The van der Waals surface area contributed by atoms with E-state index in [4.69, 9.17) is 16.3 Å². The number of hydrogen-bond acceptors (Lipinski definition) is 3. The van der Waals surface area contributed by atoms with Crippen molar-refractivity contribution in [2.24, 2.45) is 0 Å². The number of carbonyl (C=O) groups excluding carboxylic acids is 1. The summed E-state index contributed by atoms with van der Waals surface area (Å²) in [7, 11) is 0. The van der Waals surface area contributed by atoms with Gasteiger partial charge in [-0.05, 0) is 49.2 Å². The van der Waals surface area contributed by atoms with Gasteiger partial charge in [0, 0.05) is 30.2 Å². The number of amides is 1. The molecule has 1 amide bonds. The van der Waals surface area contributed by atoms with Gasteiger partial charge in [-0.3, -0.25) is 9.69 Å². The molecule has 0 spiro atoms. The molecule has 1 fully saturated rings. The van der Waals surface area contributed by atoms with Gasteiger partial charge in [-0.2, -0.15) is 0 Å². The number of morpholine rings is 1. The van der Waals surface area contributed by atoms with E-state index in [2.05, 4.69) is 17.1 Å². The minimum atomic E-state index is -0.101. The van der Waals surface area contributed by atoms with Crippen molar-refractivity contribution in [3.8, 4) is 0 Å². The molecule has 1 aliphatic heterocycles. The molecule has 0 aromatic heterocycles. The first-order chi connectivity index (χ1) is 12.5. The van der Waals surface area contributed by atoms with Gasteiger partial charge in [0.2, 0.25) is 0 Å². The maximum absolute atomic E-state index is 12.5. The summed E-state index contributed by atoms with van der Waals surface area (Å²) in [6.45, 7) is 7.61. The molecule has 1 N–H and O–H groups in total. The fraction of sp³-hybridized carbons (Fsp3) is 0.381. The van der Waals surface area contributed by atoms with Crippen molar-refractivity contribution >= 4 is 17.5 Å². The maximum Gasteiger partial charge on any atom is 0.251 e. The summed E-state index contributed by atoms with van der Waals surface area (Å²) >= 11 is 6.02. The van der Waals surface area contributed by atoms with Gasteiger partial charge >= 0.3 is 0 Å². The molecule has 0 saturated carbocycles. The van der Waals surface area contributed by atoms with Gasteiger partial charge in [0.1, 0.15) is 0 Å². The monoisotopic (exact) mass is 372 g/mol. The number of halogens is 1. The Morgan fingerprint density at radius 1 is 1.31 bits per heavy atom. The van der Waals surface area contributed by atoms with Crippen LogP contribution in [0.3, 0.4) is 0 Å². The summed E-state index contributed by atoms with van der Waals surface area (Å²) < 4.78 is 5.57. The van der Waals surface area contributed by atoms with Crippen molar-refractivity contribution in [3.05, 3.63) is 70.2 Å². The summed E-state index contributed by atoms with van der Waals surface area (Å²) in [6, 6.07) is 15.3. The van der Waals surface area contributed by atoms with Crippen LogP contribution in [0.4, 0.5) is 0 Å². The quantitative estimate of drug-likeness (QED) is 0.860. The Morgan fingerprint density at radius 2 is 2.08 bits per heavy atom. The highest BCUT2D eigenvalue weighted by Crippen LogP contribution is 2.18. The second-order valence-electron chi connectivity index (χ2n) is 6.86. The first-order valence-corrected chi connectivity index (χ1v) is 9.38. The van der Waals surface area contributed by atoms with E-state index in [0.717, 1.165) is 31.8 Å². The average molecular weight is 373 g/mol. The predicted molar refractivity (Wildman–Crippen MR) is 104 cm³/mol. The lowest BCUT2D eigenvalue weighted by molar-refractivity contribution is -0.0212. The Morgan fingerprint density at radius 3 is 2.77 bits per heavy atom. The number of benzene rings is 2. The van der Waals surface area contributed by atoms with E-state index in [0.29, 0.717) is 10.6 Å². The van der Waals surface area contributed by atoms with Gasteiger partial charge in [0.15, 0.2) is 0 Å². The first kappa shape index (κ1) is 18.9. The highest BCUT2D eigenvalue weighted by atomic mass is 35.5. The largest absolute Gasteiger partial charge is 0.376 e. The second kappa shape index (κ2) is 8.67.